The molecule has 2 aromatic rings. The second-order valence-corrected chi connectivity index (χ2v) is 5.81. The lowest BCUT2D eigenvalue weighted by Gasteiger charge is -2.34. The zero-order valence-electron chi connectivity index (χ0n) is 11.2. The summed E-state index contributed by atoms with van der Waals surface area (Å²) in [5, 5.41) is 0.921. The Kier molecular flexibility index (Phi) is 3.60. The van der Waals surface area contributed by atoms with Gasteiger partial charge in [-0.05, 0) is 13.0 Å². The highest BCUT2D eigenvalue weighted by Gasteiger charge is 2.24. The number of carbonyl (C=O) groups excluding carboxylic acids is 1. The molecule has 0 N–H and O–H groups in total. The van der Waals surface area contributed by atoms with Crippen LogP contribution >= 0.6 is 11.3 Å². The number of piperazine rings is 1. The lowest BCUT2D eigenvalue weighted by molar-refractivity contribution is 0.0751. The molecule has 0 radical (unpaired) electrons. The molecule has 0 bridgehead atoms. The molecular formula is C13H15N5OS. The maximum Gasteiger partial charge on any atom is 0.265 e. The van der Waals surface area contributed by atoms with E-state index in [2.05, 4.69) is 19.9 Å². The highest BCUT2D eigenvalue weighted by Crippen LogP contribution is 2.16. The normalized spacial score (nSPS) is 15.4. The Morgan fingerprint density at radius 2 is 1.85 bits per heavy atom. The van der Waals surface area contributed by atoms with Crippen molar-refractivity contribution in [1.29, 1.82) is 0 Å². The van der Waals surface area contributed by atoms with Crippen molar-refractivity contribution >= 4 is 23.2 Å². The highest BCUT2D eigenvalue weighted by molar-refractivity contribution is 7.13. The number of thiazole rings is 1. The van der Waals surface area contributed by atoms with E-state index in [-0.39, 0.29) is 5.91 Å². The number of hydrogen-bond acceptors (Lipinski definition) is 6. The van der Waals surface area contributed by atoms with E-state index in [1.807, 2.05) is 11.8 Å². The number of nitrogens with zero attached hydrogens (tertiary/aromatic N) is 5. The molecule has 0 aliphatic carbocycles. The van der Waals surface area contributed by atoms with Gasteiger partial charge in [0.1, 0.15) is 4.88 Å². The molecule has 7 heteroatoms. The fourth-order valence-electron chi connectivity index (χ4n) is 2.18. The summed E-state index contributed by atoms with van der Waals surface area (Å²) in [5.74, 6) is 0.803. The maximum atomic E-state index is 12.3. The molecule has 1 saturated heterocycles. The average Bonchev–Trinajstić information content (AvgIpc) is 2.94. The molecule has 0 saturated carbocycles. The van der Waals surface area contributed by atoms with Crippen LogP contribution in [0.25, 0.3) is 0 Å². The zero-order chi connectivity index (χ0) is 13.9. The average molecular weight is 289 g/mol. The van der Waals surface area contributed by atoms with Crippen LogP contribution < -0.4 is 4.90 Å². The van der Waals surface area contributed by atoms with Crippen LogP contribution in [0.1, 0.15) is 14.7 Å². The van der Waals surface area contributed by atoms with Gasteiger partial charge in [0.2, 0.25) is 5.95 Å². The molecule has 6 nitrogen and oxygen atoms in total. The molecule has 0 atom stereocenters. The van der Waals surface area contributed by atoms with E-state index >= 15 is 0 Å². The standard InChI is InChI=1S/C13H15N5OS/c1-10-16-9-11(20-10)12(19)17-5-7-18(8-6-17)13-14-3-2-4-15-13/h2-4,9H,5-8H2,1H3. The SMILES string of the molecule is Cc1ncc(C(=O)N2CCN(c3ncccn3)CC2)s1. The largest absolute Gasteiger partial charge is 0.337 e. The van der Waals surface area contributed by atoms with Crippen LogP contribution in [0, 0.1) is 6.92 Å². The van der Waals surface area contributed by atoms with Gasteiger partial charge in [0, 0.05) is 38.6 Å². The molecule has 0 unspecified atom stereocenters. The van der Waals surface area contributed by atoms with Crippen molar-refractivity contribution in [2.24, 2.45) is 0 Å². The molecule has 2 aromatic heterocycles. The van der Waals surface area contributed by atoms with Crippen LogP contribution in [-0.4, -0.2) is 51.9 Å². The van der Waals surface area contributed by atoms with Gasteiger partial charge in [-0.2, -0.15) is 0 Å². The summed E-state index contributed by atoms with van der Waals surface area (Å²) in [5.41, 5.74) is 0. The van der Waals surface area contributed by atoms with E-state index in [0.29, 0.717) is 18.0 Å². The van der Waals surface area contributed by atoms with Crippen LogP contribution in [0.5, 0.6) is 0 Å². The van der Waals surface area contributed by atoms with E-state index in [1.165, 1.54) is 11.3 Å². The Labute approximate surface area is 121 Å². The van der Waals surface area contributed by atoms with E-state index in [9.17, 15) is 4.79 Å². The number of aryl methyl sites for hydroxylation is 1. The van der Waals surface area contributed by atoms with Crippen molar-refractivity contribution in [1.82, 2.24) is 19.9 Å². The first-order chi connectivity index (χ1) is 9.74. The van der Waals surface area contributed by atoms with Crippen molar-refractivity contribution in [3.63, 3.8) is 0 Å². The summed E-state index contributed by atoms with van der Waals surface area (Å²) >= 11 is 1.45. The Bertz CT molecular complexity index is 592. The van der Waals surface area contributed by atoms with E-state index < -0.39 is 0 Å². The summed E-state index contributed by atoms with van der Waals surface area (Å²) in [6.45, 7) is 4.80. The Balaban J connectivity index is 1.63. The molecular weight excluding hydrogens is 274 g/mol. The smallest absolute Gasteiger partial charge is 0.265 e. The molecule has 1 amide bonds. The van der Waals surface area contributed by atoms with Gasteiger partial charge in [0.25, 0.3) is 5.91 Å². The molecule has 3 heterocycles. The first kappa shape index (κ1) is 13.0. The molecule has 0 spiro atoms. The first-order valence-electron chi connectivity index (χ1n) is 6.48. The van der Waals surface area contributed by atoms with Crippen LogP contribution in [0.2, 0.25) is 0 Å². The third kappa shape index (κ3) is 2.62. The van der Waals surface area contributed by atoms with Crippen LogP contribution in [0.15, 0.2) is 24.7 Å². The second-order valence-electron chi connectivity index (χ2n) is 4.57. The fourth-order valence-corrected chi connectivity index (χ4v) is 2.93. The zero-order valence-corrected chi connectivity index (χ0v) is 12.0. The summed E-state index contributed by atoms with van der Waals surface area (Å²) < 4.78 is 0. The number of anilines is 1. The molecule has 20 heavy (non-hydrogen) atoms. The molecule has 3 rings (SSSR count). The predicted octanol–water partition coefficient (Wildman–Crippen LogP) is 1.20. The molecule has 1 aliphatic heterocycles. The third-order valence-corrected chi connectivity index (χ3v) is 4.13. The summed E-state index contributed by atoms with van der Waals surface area (Å²) in [7, 11) is 0. The van der Waals surface area contributed by atoms with Crippen molar-refractivity contribution in [2.75, 3.05) is 31.1 Å². The Morgan fingerprint density at radius 3 is 2.45 bits per heavy atom. The van der Waals surface area contributed by atoms with E-state index in [0.717, 1.165) is 24.0 Å². The van der Waals surface area contributed by atoms with Gasteiger partial charge in [-0.1, -0.05) is 0 Å². The lowest BCUT2D eigenvalue weighted by atomic mass is 10.3. The second kappa shape index (κ2) is 5.54. The van der Waals surface area contributed by atoms with Gasteiger partial charge in [-0.3, -0.25) is 4.79 Å². The van der Waals surface area contributed by atoms with E-state index in [4.69, 9.17) is 0 Å². The quantitative estimate of drug-likeness (QED) is 0.831. The van der Waals surface area contributed by atoms with Crippen LogP contribution in [0.3, 0.4) is 0 Å². The van der Waals surface area contributed by atoms with Gasteiger partial charge in [0.15, 0.2) is 0 Å². The minimum atomic E-state index is 0.0734. The number of aromatic nitrogens is 3. The Morgan fingerprint density at radius 1 is 1.15 bits per heavy atom. The molecule has 1 aliphatic rings. The topological polar surface area (TPSA) is 62.2 Å². The summed E-state index contributed by atoms with van der Waals surface area (Å²) in [6.07, 6.45) is 5.13. The minimum absolute atomic E-state index is 0.0734. The molecule has 1 fully saturated rings. The molecule has 104 valence electrons. The maximum absolute atomic E-state index is 12.3. The Hall–Kier alpha value is -2.02. The summed E-state index contributed by atoms with van der Waals surface area (Å²) in [6, 6.07) is 1.80. The fraction of sp³-hybridized carbons (Fsp3) is 0.385. The van der Waals surface area contributed by atoms with Gasteiger partial charge < -0.3 is 9.80 Å². The number of amides is 1. The lowest BCUT2D eigenvalue weighted by Crippen LogP contribution is -2.49. The number of carbonyl (C=O) groups is 1. The van der Waals surface area contributed by atoms with Gasteiger partial charge >= 0.3 is 0 Å². The van der Waals surface area contributed by atoms with Crippen LogP contribution in [-0.2, 0) is 0 Å². The molecule has 0 aromatic carbocycles. The van der Waals surface area contributed by atoms with Gasteiger partial charge in [0.05, 0.1) is 11.2 Å². The number of rotatable bonds is 2. The number of hydrogen-bond donors (Lipinski definition) is 0. The first-order valence-corrected chi connectivity index (χ1v) is 7.29. The monoisotopic (exact) mass is 289 g/mol. The third-order valence-electron chi connectivity index (χ3n) is 3.23. The van der Waals surface area contributed by atoms with Gasteiger partial charge in [-0.15, -0.1) is 11.3 Å². The van der Waals surface area contributed by atoms with Crippen molar-refractivity contribution in [3.05, 3.63) is 34.5 Å². The van der Waals surface area contributed by atoms with E-state index in [1.54, 1.807) is 24.7 Å². The predicted molar refractivity (Wildman–Crippen MR) is 77.0 cm³/mol. The highest BCUT2D eigenvalue weighted by atomic mass is 32.1. The summed E-state index contributed by atoms with van der Waals surface area (Å²) in [4.78, 5) is 29.6. The minimum Gasteiger partial charge on any atom is -0.337 e. The van der Waals surface area contributed by atoms with Crippen molar-refractivity contribution in [3.8, 4) is 0 Å². The van der Waals surface area contributed by atoms with Crippen molar-refractivity contribution < 1.29 is 4.79 Å². The van der Waals surface area contributed by atoms with Gasteiger partial charge in [-0.25, -0.2) is 15.0 Å². The van der Waals surface area contributed by atoms with Crippen LogP contribution in [0.4, 0.5) is 5.95 Å². The van der Waals surface area contributed by atoms with Crippen molar-refractivity contribution in [2.45, 2.75) is 6.92 Å².